The summed E-state index contributed by atoms with van der Waals surface area (Å²) in [5.74, 6) is -0.385. The first-order chi connectivity index (χ1) is 22.2. The van der Waals surface area contributed by atoms with Crippen LogP contribution in [0.4, 0.5) is 5.69 Å². The Bertz CT molecular complexity index is 1390. The summed E-state index contributed by atoms with van der Waals surface area (Å²) in [7, 11) is 1.91. The molecule has 1 fully saturated rings. The van der Waals surface area contributed by atoms with Gasteiger partial charge in [0.05, 0.1) is 24.9 Å². The molecule has 0 spiro atoms. The van der Waals surface area contributed by atoms with Crippen LogP contribution >= 0.6 is 0 Å². The molecule has 1 heterocycles. The molecule has 1 aliphatic heterocycles. The lowest BCUT2D eigenvalue weighted by Crippen LogP contribution is -2.39. The first-order valence-electron chi connectivity index (χ1n) is 15.7. The Morgan fingerprint density at radius 1 is 0.913 bits per heavy atom. The van der Waals surface area contributed by atoms with Gasteiger partial charge in [-0.25, -0.2) is 5.48 Å². The Labute approximate surface area is 269 Å². The van der Waals surface area contributed by atoms with Crippen molar-refractivity contribution in [3.63, 3.8) is 0 Å². The summed E-state index contributed by atoms with van der Waals surface area (Å²) in [4.78, 5) is 25.5. The molecular weight excluding hydrogens is 590 g/mol. The zero-order valence-corrected chi connectivity index (χ0v) is 26.2. The second-order valence-corrected chi connectivity index (χ2v) is 11.8. The largest absolute Gasteiger partial charge is 0.508 e. The quantitative estimate of drug-likeness (QED) is 0.0732. The summed E-state index contributed by atoms with van der Waals surface area (Å²) in [6, 6.07) is 21.7. The molecule has 4 unspecified atom stereocenters. The Morgan fingerprint density at radius 2 is 1.59 bits per heavy atom. The van der Waals surface area contributed by atoms with Gasteiger partial charge in [-0.05, 0) is 60.8 Å². The molecule has 46 heavy (non-hydrogen) atoms. The van der Waals surface area contributed by atoms with E-state index in [1.54, 1.807) is 29.7 Å². The van der Waals surface area contributed by atoms with E-state index in [1.165, 1.54) is 0 Å². The number of phenols is 1. The number of amides is 2. The van der Waals surface area contributed by atoms with Gasteiger partial charge in [-0.2, -0.15) is 0 Å². The van der Waals surface area contributed by atoms with Crippen molar-refractivity contribution in [2.75, 3.05) is 25.5 Å². The summed E-state index contributed by atoms with van der Waals surface area (Å²) in [5.41, 5.74) is 5.50. The van der Waals surface area contributed by atoms with Crippen LogP contribution in [-0.2, 0) is 25.7 Å². The van der Waals surface area contributed by atoms with Crippen LogP contribution in [0.15, 0.2) is 72.8 Å². The third kappa shape index (κ3) is 10.9. The monoisotopic (exact) mass is 635 g/mol. The SMILES string of the molecule is CN(CC1CC(c2ccc(CO)cc2)OC(c2ccc(NC(=O)CCCCCCC(=O)NO)cc2)O1)CC(O)c1cccc(O)c1. The van der Waals surface area contributed by atoms with Crippen LogP contribution in [0.1, 0.15) is 85.7 Å². The number of hydrogen-bond acceptors (Lipinski definition) is 9. The molecule has 1 aliphatic rings. The number of carbonyl (C=O) groups excluding carboxylic acids is 2. The minimum absolute atomic E-state index is 0.0408. The van der Waals surface area contributed by atoms with Crippen molar-refractivity contribution < 1.29 is 39.6 Å². The number of rotatable bonds is 16. The molecular formula is C35H45N3O8. The number of benzene rings is 3. The molecule has 248 valence electrons. The molecule has 0 aliphatic carbocycles. The van der Waals surface area contributed by atoms with Crippen LogP contribution in [0.5, 0.6) is 5.75 Å². The first kappa shape index (κ1) is 35.0. The number of hydroxylamine groups is 1. The highest BCUT2D eigenvalue weighted by Crippen LogP contribution is 2.38. The predicted octanol–water partition coefficient (Wildman–Crippen LogP) is 4.88. The standard InChI is InChI=1S/C35H45N3O8/c1-38(22-31(41)27-7-6-8-29(40)19-27)21-30-20-32(25-13-11-24(23-39)12-14-25)46-35(45-30)26-15-17-28(18-16-26)36-33(42)9-4-2-3-5-10-34(43)37-44/h6-8,11-19,30-32,35,39-41,44H,2-5,9-10,20-23H2,1H3,(H,36,42)(H,37,43). The van der Waals surface area contributed by atoms with Crippen LogP contribution in [0.2, 0.25) is 0 Å². The van der Waals surface area contributed by atoms with E-state index >= 15 is 0 Å². The number of unbranched alkanes of at least 4 members (excludes halogenated alkanes) is 3. The normalized spacial score (nSPS) is 18.7. The van der Waals surface area contributed by atoms with Crippen molar-refractivity contribution in [2.24, 2.45) is 0 Å². The Kier molecular flexibility index (Phi) is 13.5. The fourth-order valence-electron chi connectivity index (χ4n) is 5.52. The summed E-state index contributed by atoms with van der Waals surface area (Å²) in [6.45, 7) is 0.838. The molecule has 3 aromatic rings. The van der Waals surface area contributed by atoms with E-state index in [9.17, 15) is 24.9 Å². The molecule has 0 radical (unpaired) electrons. The van der Waals surface area contributed by atoms with E-state index in [0.29, 0.717) is 50.0 Å². The molecule has 4 rings (SSSR count). The van der Waals surface area contributed by atoms with Crippen LogP contribution in [0.3, 0.4) is 0 Å². The second-order valence-electron chi connectivity index (χ2n) is 11.8. The van der Waals surface area contributed by atoms with Crippen LogP contribution in [0.25, 0.3) is 0 Å². The third-order valence-corrected chi connectivity index (χ3v) is 8.02. The smallest absolute Gasteiger partial charge is 0.243 e. The maximum atomic E-state index is 12.5. The fourth-order valence-corrected chi connectivity index (χ4v) is 5.52. The molecule has 4 atom stereocenters. The lowest BCUT2D eigenvalue weighted by Gasteiger charge is -2.38. The molecule has 11 heteroatoms. The average Bonchev–Trinajstić information content (AvgIpc) is 3.06. The molecule has 2 amide bonds. The lowest BCUT2D eigenvalue weighted by atomic mass is 9.99. The van der Waals surface area contributed by atoms with E-state index in [4.69, 9.17) is 14.7 Å². The van der Waals surface area contributed by atoms with Gasteiger partial charge in [-0.1, -0.05) is 61.4 Å². The molecule has 1 saturated heterocycles. The van der Waals surface area contributed by atoms with Crippen molar-refractivity contribution >= 4 is 17.5 Å². The zero-order chi connectivity index (χ0) is 32.9. The van der Waals surface area contributed by atoms with Crippen LogP contribution in [0, 0.1) is 0 Å². The van der Waals surface area contributed by atoms with Crippen molar-refractivity contribution in [2.45, 2.75) is 76.2 Å². The second kappa shape index (κ2) is 17.7. The number of aliphatic hydroxyl groups excluding tert-OH is 2. The number of anilines is 1. The number of nitrogens with one attached hydrogen (secondary N) is 2. The predicted molar refractivity (Wildman–Crippen MR) is 172 cm³/mol. The number of carbonyl (C=O) groups is 2. The highest BCUT2D eigenvalue weighted by atomic mass is 16.7. The fraction of sp³-hybridized carbons (Fsp3) is 0.429. The maximum absolute atomic E-state index is 12.5. The highest BCUT2D eigenvalue weighted by Gasteiger charge is 2.33. The number of aliphatic hydroxyl groups is 2. The number of aromatic hydroxyl groups is 1. The molecule has 0 bridgehead atoms. The van der Waals surface area contributed by atoms with Gasteiger partial charge in [0.1, 0.15) is 5.75 Å². The number of phenolic OH excluding ortho intramolecular Hbond substituents is 1. The number of ether oxygens (including phenoxy) is 2. The van der Waals surface area contributed by atoms with E-state index < -0.39 is 18.3 Å². The van der Waals surface area contributed by atoms with Crippen LogP contribution in [-0.4, -0.2) is 63.5 Å². The van der Waals surface area contributed by atoms with Gasteiger partial charge >= 0.3 is 0 Å². The van der Waals surface area contributed by atoms with E-state index in [2.05, 4.69) is 5.32 Å². The minimum Gasteiger partial charge on any atom is -0.508 e. The lowest BCUT2D eigenvalue weighted by molar-refractivity contribution is -0.252. The summed E-state index contributed by atoms with van der Waals surface area (Å²) < 4.78 is 12.9. The van der Waals surface area contributed by atoms with Gasteiger partial charge in [0, 0.05) is 43.6 Å². The van der Waals surface area contributed by atoms with Gasteiger partial charge in [0.2, 0.25) is 11.8 Å². The number of likely N-dealkylation sites (N-methyl/N-ethyl adjacent to an activating group) is 1. The number of nitrogens with zero attached hydrogens (tertiary/aromatic N) is 1. The van der Waals surface area contributed by atoms with E-state index in [-0.39, 0.29) is 36.9 Å². The average molecular weight is 636 g/mol. The van der Waals surface area contributed by atoms with Gasteiger partial charge in [0.15, 0.2) is 6.29 Å². The molecule has 11 nitrogen and oxygen atoms in total. The maximum Gasteiger partial charge on any atom is 0.243 e. The van der Waals surface area contributed by atoms with E-state index in [1.807, 2.05) is 60.5 Å². The van der Waals surface area contributed by atoms with Crippen molar-refractivity contribution in [1.29, 1.82) is 0 Å². The highest BCUT2D eigenvalue weighted by molar-refractivity contribution is 5.90. The molecule has 0 aromatic heterocycles. The summed E-state index contributed by atoms with van der Waals surface area (Å²) in [5, 5.41) is 41.5. The Balaban J connectivity index is 1.36. The van der Waals surface area contributed by atoms with Crippen molar-refractivity contribution in [1.82, 2.24) is 10.4 Å². The van der Waals surface area contributed by atoms with Crippen molar-refractivity contribution in [3.8, 4) is 5.75 Å². The van der Waals surface area contributed by atoms with Gasteiger partial charge in [-0.15, -0.1) is 0 Å². The summed E-state index contributed by atoms with van der Waals surface area (Å²) in [6.07, 6.45) is 2.28. The van der Waals surface area contributed by atoms with Gasteiger partial charge in [0.25, 0.3) is 0 Å². The van der Waals surface area contributed by atoms with E-state index in [0.717, 1.165) is 29.5 Å². The third-order valence-electron chi connectivity index (χ3n) is 8.02. The molecule has 0 saturated carbocycles. The first-order valence-corrected chi connectivity index (χ1v) is 15.7. The number of hydrogen-bond donors (Lipinski definition) is 6. The Morgan fingerprint density at radius 3 is 2.24 bits per heavy atom. The minimum atomic E-state index is -0.780. The zero-order valence-electron chi connectivity index (χ0n) is 26.2. The van der Waals surface area contributed by atoms with Gasteiger partial charge < -0.3 is 35.0 Å². The topological polar surface area (TPSA) is 161 Å². The van der Waals surface area contributed by atoms with Crippen LogP contribution < -0.4 is 10.8 Å². The summed E-state index contributed by atoms with van der Waals surface area (Å²) >= 11 is 0. The van der Waals surface area contributed by atoms with Crippen molar-refractivity contribution in [3.05, 3.63) is 95.1 Å². The Hall–Kier alpha value is -3.84. The van der Waals surface area contributed by atoms with Gasteiger partial charge in [-0.3, -0.25) is 14.8 Å². The molecule has 3 aromatic carbocycles. The molecule has 6 N–H and O–H groups in total.